The van der Waals surface area contributed by atoms with E-state index in [0.717, 1.165) is 77.0 Å². The van der Waals surface area contributed by atoms with Crippen molar-refractivity contribution in [2.45, 2.75) is 328 Å². The molecule has 0 heterocycles. The molecule has 0 aliphatic rings. The van der Waals surface area contributed by atoms with Crippen molar-refractivity contribution in [1.82, 2.24) is 0 Å². The van der Waals surface area contributed by atoms with E-state index >= 15 is 0 Å². The molecule has 0 fully saturated rings. The summed E-state index contributed by atoms with van der Waals surface area (Å²) in [4.78, 5) is 27.2. The van der Waals surface area contributed by atoms with E-state index in [0.29, 0.717) is 19.3 Å². The quantitative estimate of drug-likeness (QED) is 0.0321. The summed E-state index contributed by atoms with van der Waals surface area (Å²) in [6.45, 7) is 6.79. The number of aliphatic hydroxyl groups is 3. The second-order valence-corrected chi connectivity index (χ2v) is 19.4. The maximum atomic E-state index is 13.6. The summed E-state index contributed by atoms with van der Waals surface area (Å²) in [5.74, 6) is -1.24. The van der Waals surface area contributed by atoms with Crippen LogP contribution in [0.25, 0.3) is 0 Å². The molecule has 0 aromatic carbocycles. The number of unbranched alkanes of at least 4 members (excludes halogenated alkanes) is 37. The predicted molar refractivity (Wildman–Crippen MR) is 270 cm³/mol. The van der Waals surface area contributed by atoms with Gasteiger partial charge in [0.25, 0.3) is 0 Å². The molecule has 0 aliphatic carbocycles. The molecular formula is C57H108O5. The summed E-state index contributed by atoms with van der Waals surface area (Å²) in [5, 5.41) is 34.1. The largest absolute Gasteiger partial charge is 0.390 e. The Morgan fingerprint density at radius 1 is 0.355 bits per heavy atom. The summed E-state index contributed by atoms with van der Waals surface area (Å²) in [5.41, 5.74) is -2.53. The number of carbonyl (C=O) groups excluding carboxylic acids is 2. The van der Waals surface area contributed by atoms with Gasteiger partial charge in [0.05, 0.1) is 6.10 Å². The van der Waals surface area contributed by atoms with Gasteiger partial charge in [-0.3, -0.25) is 9.59 Å². The molecule has 0 aromatic heterocycles. The first-order chi connectivity index (χ1) is 30.4. The molecule has 5 heteroatoms. The monoisotopic (exact) mass is 873 g/mol. The van der Waals surface area contributed by atoms with Crippen molar-refractivity contribution in [2.24, 2.45) is 0 Å². The number of ketones is 2. The third-order valence-electron chi connectivity index (χ3n) is 13.3. The Kier molecular flexibility index (Phi) is 46.7. The molecule has 5 nitrogen and oxygen atoms in total. The van der Waals surface area contributed by atoms with Crippen LogP contribution in [0.3, 0.4) is 0 Å². The van der Waals surface area contributed by atoms with Crippen LogP contribution in [0.5, 0.6) is 0 Å². The minimum Gasteiger partial charge on any atom is -0.390 e. The second-order valence-electron chi connectivity index (χ2n) is 19.4. The van der Waals surface area contributed by atoms with Gasteiger partial charge < -0.3 is 15.3 Å². The standard InChI is InChI=1S/C57H108O5/c1-4-7-10-13-16-19-22-25-28-31-32-35-38-41-44-47-50-53(58)56(61)57(62,54(59)51-48-45-42-39-36-33-29-26-23-20-17-14-11-8-5-2)55(60)52-49-46-43-40-37-34-30-27-24-21-18-15-12-9-6-3/h26-27,29-30,53,56,58,61-62H,4-25,28,31-52H2,1-3H3/b29-26-,30-27-. The van der Waals surface area contributed by atoms with E-state index < -0.39 is 29.4 Å². The fourth-order valence-corrected chi connectivity index (χ4v) is 8.92. The zero-order valence-electron chi connectivity index (χ0n) is 41.9. The van der Waals surface area contributed by atoms with E-state index in [1.807, 2.05) is 0 Å². The number of allylic oxidation sites excluding steroid dienone is 4. The highest BCUT2D eigenvalue weighted by Crippen LogP contribution is 2.26. The molecule has 0 bridgehead atoms. The van der Waals surface area contributed by atoms with Crippen molar-refractivity contribution in [2.75, 3.05) is 0 Å². The Morgan fingerprint density at radius 2 is 0.581 bits per heavy atom. The summed E-state index contributed by atoms with van der Waals surface area (Å²) >= 11 is 0. The first-order valence-electron chi connectivity index (χ1n) is 27.8. The predicted octanol–water partition coefficient (Wildman–Crippen LogP) is 17.3. The van der Waals surface area contributed by atoms with E-state index in [4.69, 9.17) is 0 Å². The number of Topliss-reactive ketones (excluding diaryl/α,β-unsaturated/α-hetero) is 2. The molecule has 0 amide bonds. The summed E-state index contributed by atoms with van der Waals surface area (Å²) < 4.78 is 0. The van der Waals surface area contributed by atoms with E-state index in [1.54, 1.807) is 0 Å². The van der Waals surface area contributed by atoms with Crippen LogP contribution in [0.4, 0.5) is 0 Å². The molecule has 0 saturated carbocycles. The van der Waals surface area contributed by atoms with Crippen LogP contribution in [0.1, 0.15) is 310 Å². The lowest BCUT2D eigenvalue weighted by Crippen LogP contribution is -2.60. The van der Waals surface area contributed by atoms with Gasteiger partial charge >= 0.3 is 0 Å². The van der Waals surface area contributed by atoms with Crippen LogP contribution in [-0.2, 0) is 9.59 Å². The van der Waals surface area contributed by atoms with Gasteiger partial charge in [-0.1, -0.05) is 251 Å². The zero-order valence-corrected chi connectivity index (χ0v) is 41.9. The lowest BCUT2D eigenvalue weighted by atomic mass is 9.79. The van der Waals surface area contributed by atoms with Gasteiger partial charge in [-0.05, 0) is 70.6 Å². The van der Waals surface area contributed by atoms with Crippen molar-refractivity contribution < 1.29 is 24.9 Å². The maximum absolute atomic E-state index is 13.6. The molecule has 2 unspecified atom stereocenters. The molecule has 0 aliphatic heterocycles. The minimum atomic E-state index is -2.53. The van der Waals surface area contributed by atoms with Crippen molar-refractivity contribution in [1.29, 1.82) is 0 Å². The van der Waals surface area contributed by atoms with Crippen LogP contribution < -0.4 is 0 Å². The van der Waals surface area contributed by atoms with E-state index in [-0.39, 0.29) is 19.3 Å². The summed E-state index contributed by atoms with van der Waals surface area (Å²) in [6, 6.07) is 0. The average Bonchev–Trinajstić information content (AvgIpc) is 3.27. The normalized spacial score (nSPS) is 13.2. The first-order valence-corrected chi connectivity index (χ1v) is 27.8. The van der Waals surface area contributed by atoms with Crippen molar-refractivity contribution in [3.8, 4) is 0 Å². The molecule has 3 N–H and O–H groups in total. The van der Waals surface area contributed by atoms with Gasteiger partial charge in [-0.2, -0.15) is 0 Å². The molecule has 0 rings (SSSR count). The summed E-state index contributed by atoms with van der Waals surface area (Å²) in [6.07, 6.45) is 56.4. The van der Waals surface area contributed by atoms with Gasteiger partial charge in [0.1, 0.15) is 6.10 Å². The molecule has 0 aromatic rings. The fourth-order valence-electron chi connectivity index (χ4n) is 8.92. The van der Waals surface area contributed by atoms with Crippen molar-refractivity contribution >= 4 is 11.6 Å². The second kappa shape index (κ2) is 47.7. The molecule has 0 spiro atoms. The molecule has 62 heavy (non-hydrogen) atoms. The molecular weight excluding hydrogens is 765 g/mol. The molecule has 0 saturated heterocycles. The number of rotatable bonds is 51. The zero-order chi connectivity index (χ0) is 45.5. The Hall–Kier alpha value is -1.30. The third-order valence-corrected chi connectivity index (χ3v) is 13.3. The Morgan fingerprint density at radius 3 is 0.855 bits per heavy atom. The highest BCUT2D eigenvalue weighted by Gasteiger charge is 2.51. The Labute approximate surface area is 387 Å². The highest BCUT2D eigenvalue weighted by molar-refractivity contribution is 6.10. The molecule has 366 valence electrons. The topological polar surface area (TPSA) is 94.8 Å². The van der Waals surface area contributed by atoms with E-state index in [1.165, 1.54) is 173 Å². The van der Waals surface area contributed by atoms with Crippen LogP contribution in [-0.4, -0.2) is 44.7 Å². The summed E-state index contributed by atoms with van der Waals surface area (Å²) in [7, 11) is 0. The highest BCUT2D eigenvalue weighted by atomic mass is 16.4. The van der Waals surface area contributed by atoms with Gasteiger partial charge in [0, 0.05) is 12.8 Å². The van der Waals surface area contributed by atoms with Crippen molar-refractivity contribution in [3.05, 3.63) is 24.3 Å². The van der Waals surface area contributed by atoms with Gasteiger partial charge in [-0.25, -0.2) is 0 Å². The number of aliphatic hydroxyl groups excluding tert-OH is 2. The van der Waals surface area contributed by atoms with Crippen LogP contribution in [0, 0.1) is 0 Å². The lowest BCUT2D eigenvalue weighted by molar-refractivity contribution is -0.173. The third kappa shape index (κ3) is 37.0. The van der Waals surface area contributed by atoms with Gasteiger partial charge in [0.15, 0.2) is 11.6 Å². The van der Waals surface area contributed by atoms with Crippen LogP contribution in [0.2, 0.25) is 0 Å². The number of hydrogen-bond acceptors (Lipinski definition) is 5. The molecule has 2 atom stereocenters. The Balaban J connectivity index is 4.66. The SMILES string of the molecule is CCCCCCCC/C=C\CCCCCCCC(=O)C(O)(C(=O)CCCCCCC/C=C\CCCCCCCC)C(O)C(O)CCCCCCCCCCCCCCCCCC. The minimum absolute atomic E-state index is 0.0512. The van der Waals surface area contributed by atoms with Crippen LogP contribution >= 0.6 is 0 Å². The Bertz CT molecular complexity index is 951. The average molecular weight is 873 g/mol. The maximum Gasteiger partial charge on any atom is 0.209 e. The van der Waals surface area contributed by atoms with Crippen molar-refractivity contribution in [3.63, 3.8) is 0 Å². The lowest BCUT2D eigenvalue weighted by Gasteiger charge is -2.33. The number of carbonyl (C=O) groups is 2. The van der Waals surface area contributed by atoms with E-state index in [9.17, 15) is 24.9 Å². The van der Waals surface area contributed by atoms with Gasteiger partial charge in [-0.15, -0.1) is 0 Å². The molecule has 0 radical (unpaired) electrons. The smallest absolute Gasteiger partial charge is 0.209 e. The van der Waals surface area contributed by atoms with Crippen LogP contribution in [0.15, 0.2) is 24.3 Å². The fraction of sp³-hybridized carbons (Fsp3) is 0.895. The number of hydrogen-bond donors (Lipinski definition) is 3. The van der Waals surface area contributed by atoms with E-state index in [2.05, 4.69) is 45.1 Å². The van der Waals surface area contributed by atoms with Gasteiger partial charge in [0.2, 0.25) is 5.60 Å². The first kappa shape index (κ1) is 60.7.